The van der Waals surface area contributed by atoms with Gasteiger partial charge in [0, 0.05) is 38.5 Å². The number of carbonyl (C=O) groups excluding carboxylic acids is 1. The molecule has 0 fully saturated rings. The summed E-state index contributed by atoms with van der Waals surface area (Å²) in [5.74, 6) is 3.26. The number of amides is 1. The third-order valence-electron chi connectivity index (χ3n) is 7.16. The molecule has 4 rings (SSSR count). The first-order chi connectivity index (χ1) is 15.9. The Bertz CT molecular complexity index is 991. The highest BCUT2D eigenvalue weighted by atomic mass is 35.5. The number of likely N-dealkylation sites (N-methyl/N-ethyl adjacent to an activating group) is 1. The monoisotopic (exact) mass is 488 g/mol. The highest BCUT2D eigenvalue weighted by Crippen LogP contribution is 2.39. The zero-order chi connectivity index (χ0) is 23.5. The number of fused-ring (bicyclic) bond motifs is 2. The third kappa shape index (κ3) is 5.44. The van der Waals surface area contributed by atoms with Crippen molar-refractivity contribution in [3.8, 4) is 17.2 Å². The van der Waals surface area contributed by atoms with Crippen LogP contribution < -0.4 is 14.2 Å². The van der Waals surface area contributed by atoms with Gasteiger partial charge in [-0.05, 0) is 79.3 Å². The predicted octanol–water partition coefficient (Wildman–Crippen LogP) is 4.03. The Hall–Kier alpha value is -2.44. The Labute approximate surface area is 209 Å². The van der Waals surface area contributed by atoms with E-state index in [1.54, 1.807) is 21.3 Å². The molecule has 0 radical (unpaired) electrons. The van der Waals surface area contributed by atoms with Gasteiger partial charge in [0.05, 0.1) is 21.3 Å². The minimum absolute atomic E-state index is 0. The molecule has 0 N–H and O–H groups in total. The minimum atomic E-state index is 0. The summed E-state index contributed by atoms with van der Waals surface area (Å²) in [6, 6.07) is 8.56. The summed E-state index contributed by atoms with van der Waals surface area (Å²) in [6.45, 7) is 5.37. The smallest absolute Gasteiger partial charge is 0.223 e. The molecule has 2 aromatic carbocycles. The lowest BCUT2D eigenvalue weighted by molar-refractivity contribution is -0.131. The van der Waals surface area contributed by atoms with Gasteiger partial charge in [-0.25, -0.2) is 0 Å². The van der Waals surface area contributed by atoms with Crippen LogP contribution in [0.5, 0.6) is 17.2 Å². The van der Waals surface area contributed by atoms with Gasteiger partial charge in [-0.2, -0.15) is 0 Å². The maximum Gasteiger partial charge on any atom is 0.223 e. The van der Waals surface area contributed by atoms with Gasteiger partial charge in [0.1, 0.15) is 5.75 Å². The molecule has 0 bridgehead atoms. The van der Waals surface area contributed by atoms with Gasteiger partial charge >= 0.3 is 0 Å². The molecule has 0 aromatic heterocycles. The molecule has 1 aliphatic heterocycles. The van der Waals surface area contributed by atoms with Gasteiger partial charge in [0.25, 0.3) is 0 Å². The fraction of sp³-hybridized carbons (Fsp3) is 0.519. The molecule has 1 heterocycles. The van der Waals surface area contributed by atoms with Gasteiger partial charge in [0.15, 0.2) is 11.5 Å². The molecule has 0 saturated heterocycles. The first-order valence-electron chi connectivity index (χ1n) is 11.8. The molecule has 7 heteroatoms. The van der Waals surface area contributed by atoms with E-state index in [0.29, 0.717) is 12.3 Å². The number of carbonyl (C=O) groups is 1. The molecule has 2 aliphatic rings. The Balaban J connectivity index is 0.00000324. The van der Waals surface area contributed by atoms with Crippen LogP contribution >= 0.6 is 12.4 Å². The topological polar surface area (TPSA) is 51.2 Å². The maximum atomic E-state index is 13.0. The van der Waals surface area contributed by atoms with Crippen molar-refractivity contribution < 1.29 is 19.0 Å². The molecule has 1 aliphatic carbocycles. The SMILES string of the molecule is COc1cc2c(cc1C)C(CN(C)CCC(=O)N1CCc3cc(OC)c(OC)cc3CC1)C2.Cl. The molecule has 0 saturated carbocycles. The fourth-order valence-electron chi connectivity index (χ4n) is 5.15. The molecular weight excluding hydrogens is 452 g/mol. The first-order valence-corrected chi connectivity index (χ1v) is 11.8. The molecule has 1 amide bonds. The van der Waals surface area contributed by atoms with Crippen molar-refractivity contribution in [1.82, 2.24) is 9.80 Å². The van der Waals surface area contributed by atoms with Crippen molar-refractivity contribution >= 4 is 18.3 Å². The van der Waals surface area contributed by atoms with E-state index in [1.807, 2.05) is 4.90 Å². The predicted molar refractivity (Wildman–Crippen MR) is 137 cm³/mol. The van der Waals surface area contributed by atoms with E-state index >= 15 is 0 Å². The third-order valence-corrected chi connectivity index (χ3v) is 7.16. The zero-order valence-electron chi connectivity index (χ0n) is 21.0. The Morgan fingerprint density at radius 3 is 2.06 bits per heavy atom. The zero-order valence-corrected chi connectivity index (χ0v) is 21.8. The van der Waals surface area contributed by atoms with Crippen LogP contribution in [-0.4, -0.2) is 70.3 Å². The number of nitrogens with zero attached hydrogens (tertiary/aromatic N) is 2. The number of methoxy groups -OCH3 is 3. The summed E-state index contributed by atoms with van der Waals surface area (Å²) in [4.78, 5) is 17.3. The lowest BCUT2D eigenvalue weighted by Crippen LogP contribution is -2.37. The van der Waals surface area contributed by atoms with Crippen LogP contribution in [0.3, 0.4) is 0 Å². The average molecular weight is 489 g/mol. The molecular formula is C27H37ClN2O4. The van der Waals surface area contributed by atoms with Crippen molar-refractivity contribution in [2.24, 2.45) is 0 Å². The minimum Gasteiger partial charge on any atom is -0.496 e. The quantitative estimate of drug-likeness (QED) is 0.561. The van der Waals surface area contributed by atoms with Gasteiger partial charge in [0.2, 0.25) is 5.91 Å². The molecule has 1 unspecified atom stereocenters. The van der Waals surface area contributed by atoms with Crippen LogP contribution in [0.1, 0.15) is 40.2 Å². The molecule has 34 heavy (non-hydrogen) atoms. The molecule has 0 spiro atoms. The molecule has 1 atom stereocenters. The number of hydrogen-bond donors (Lipinski definition) is 0. The highest BCUT2D eigenvalue weighted by Gasteiger charge is 2.28. The number of ether oxygens (including phenoxy) is 3. The lowest BCUT2D eigenvalue weighted by Gasteiger charge is -2.34. The van der Waals surface area contributed by atoms with Crippen molar-refractivity contribution in [1.29, 1.82) is 0 Å². The van der Waals surface area contributed by atoms with Crippen molar-refractivity contribution in [2.45, 2.75) is 38.5 Å². The van der Waals surface area contributed by atoms with E-state index in [0.717, 1.165) is 62.7 Å². The molecule has 186 valence electrons. The van der Waals surface area contributed by atoms with Crippen LogP contribution in [0.4, 0.5) is 0 Å². The summed E-state index contributed by atoms with van der Waals surface area (Å²) in [5.41, 5.74) is 6.51. The number of benzene rings is 2. The molecule has 2 aromatic rings. The molecule has 6 nitrogen and oxygen atoms in total. The first kappa shape index (κ1) is 26.2. The second kappa shape index (κ2) is 11.3. The summed E-state index contributed by atoms with van der Waals surface area (Å²) in [6.07, 6.45) is 3.33. The maximum absolute atomic E-state index is 13.0. The van der Waals surface area contributed by atoms with E-state index in [1.165, 1.54) is 27.8 Å². The van der Waals surface area contributed by atoms with Gasteiger partial charge in [-0.15, -0.1) is 12.4 Å². The van der Waals surface area contributed by atoms with Crippen molar-refractivity contribution in [2.75, 3.05) is 54.6 Å². The summed E-state index contributed by atoms with van der Waals surface area (Å²) < 4.78 is 16.3. The van der Waals surface area contributed by atoms with Crippen LogP contribution in [0.25, 0.3) is 0 Å². The lowest BCUT2D eigenvalue weighted by atomic mass is 9.76. The fourth-order valence-corrected chi connectivity index (χ4v) is 5.15. The van der Waals surface area contributed by atoms with E-state index in [9.17, 15) is 4.79 Å². The highest BCUT2D eigenvalue weighted by molar-refractivity contribution is 5.85. The van der Waals surface area contributed by atoms with E-state index in [-0.39, 0.29) is 18.3 Å². The van der Waals surface area contributed by atoms with E-state index in [4.69, 9.17) is 14.2 Å². The van der Waals surface area contributed by atoms with E-state index in [2.05, 4.69) is 43.1 Å². The Kier molecular flexibility index (Phi) is 8.72. The van der Waals surface area contributed by atoms with Gasteiger partial charge < -0.3 is 24.0 Å². The van der Waals surface area contributed by atoms with Crippen molar-refractivity contribution in [3.63, 3.8) is 0 Å². The summed E-state index contributed by atoms with van der Waals surface area (Å²) in [5, 5.41) is 0. The van der Waals surface area contributed by atoms with Gasteiger partial charge in [-0.1, -0.05) is 6.07 Å². The van der Waals surface area contributed by atoms with Crippen LogP contribution in [0.15, 0.2) is 24.3 Å². The summed E-state index contributed by atoms with van der Waals surface area (Å²) >= 11 is 0. The van der Waals surface area contributed by atoms with Crippen LogP contribution in [0.2, 0.25) is 0 Å². The average Bonchev–Trinajstić information content (AvgIpc) is 3.03. The Morgan fingerprint density at radius 2 is 1.50 bits per heavy atom. The normalized spacial score (nSPS) is 16.5. The van der Waals surface area contributed by atoms with Crippen LogP contribution in [0, 0.1) is 6.92 Å². The standard InChI is InChI=1S/C27H36N2O4.ClH/c1-18-12-23-21(16-24(18)31-3)13-22(23)17-28(2)9-8-27(30)29-10-6-19-14-25(32-4)26(33-5)15-20(19)7-11-29;/h12,14-16,22H,6-11,13,17H2,1-5H3;1H. The largest absolute Gasteiger partial charge is 0.496 e. The number of halogens is 1. The summed E-state index contributed by atoms with van der Waals surface area (Å²) in [7, 11) is 7.17. The number of hydrogen-bond acceptors (Lipinski definition) is 5. The van der Waals surface area contributed by atoms with Crippen LogP contribution in [-0.2, 0) is 24.1 Å². The Morgan fingerprint density at radius 1 is 0.941 bits per heavy atom. The number of rotatable bonds is 8. The second-order valence-electron chi connectivity index (χ2n) is 9.29. The van der Waals surface area contributed by atoms with Gasteiger partial charge in [-0.3, -0.25) is 4.79 Å². The van der Waals surface area contributed by atoms with Crippen molar-refractivity contribution in [3.05, 3.63) is 52.1 Å². The second-order valence-corrected chi connectivity index (χ2v) is 9.29. The van der Waals surface area contributed by atoms with E-state index < -0.39 is 0 Å². The number of aryl methyl sites for hydroxylation is 1.